The fourth-order valence-electron chi connectivity index (χ4n) is 3.78. The molecule has 2 heterocycles. The molecule has 0 saturated heterocycles. The summed E-state index contributed by atoms with van der Waals surface area (Å²) in [4.78, 5) is 21.5. The van der Waals surface area contributed by atoms with Crippen molar-refractivity contribution in [3.05, 3.63) is 35.2 Å². The van der Waals surface area contributed by atoms with Crippen LogP contribution in [0.4, 0.5) is 11.6 Å². The summed E-state index contributed by atoms with van der Waals surface area (Å²) in [5, 5.41) is 27.4. The van der Waals surface area contributed by atoms with E-state index >= 15 is 0 Å². The van der Waals surface area contributed by atoms with Crippen molar-refractivity contribution in [2.24, 2.45) is 17.4 Å². The van der Waals surface area contributed by atoms with Crippen LogP contribution in [0.5, 0.6) is 0 Å². The van der Waals surface area contributed by atoms with E-state index in [-0.39, 0.29) is 36.1 Å². The summed E-state index contributed by atoms with van der Waals surface area (Å²) >= 11 is 0. The van der Waals surface area contributed by atoms with Crippen molar-refractivity contribution < 1.29 is 11.0 Å². The number of carbonyl (C=O) groups is 2. The Morgan fingerprint density at radius 1 is 1.09 bits per heavy atom. The van der Waals surface area contributed by atoms with Gasteiger partial charge in [-0.1, -0.05) is 18.9 Å². The third kappa shape index (κ3) is 7.10. The molecule has 2 atom stereocenters. The summed E-state index contributed by atoms with van der Waals surface area (Å²) in [5.74, 6) is -0.870. The van der Waals surface area contributed by atoms with E-state index in [9.17, 15) is 9.59 Å². The van der Waals surface area contributed by atoms with Crippen LogP contribution in [-0.4, -0.2) is 31.8 Å². The van der Waals surface area contributed by atoms with Crippen molar-refractivity contribution in [3.8, 4) is 12.1 Å². The first-order valence-electron chi connectivity index (χ1n) is 11.0. The summed E-state index contributed by atoms with van der Waals surface area (Å²) in [6.45, 7) is 0. The zero-order chi connectivity index (χ0) is 25.1. The lowest BCUT2D eigenvalue weighted by Gasteiger charge is -2.26. The molecule has 34 heavy (non-hydrogen) atoms. The number of nitrogen functional groups attached to an aromatic ring is 2. The summed E-state index contributed by atoms with van der Waals surface area (Å²) < 4.78 is 1.63. The van der Waals surface area contributed by atoms with Gasteiger partial charge in [-0.2, -0.15) is 20.7 Å². The Morgan fingerprint density at radius 2 is 1.79 bits per heavy atom. The lowest BCUT2D eigenvalue weighted by molar-refractivity contribution is 0.0992. The fourth-order valence-corrected chi connectivity index (χ4v) is 3.78. The van der Waals surface area contributed by atoms with Crippen molar-refractivity contribution in [1.29, 1.82) is 10.5 Å². The molecule has 182 valence electrons. The number of H-pyrrole nitrogens is 1. The van der Waals surface area contributed by atoms with Crippen LogP contribution in [0.1, 0.15) is 79.6 Å². The van der Waals surface area contributed by atoms with Crippen LogP contribution in [0.15, 0.2) is 24.0 Å². The Balaban J connectivity index is 0.000000287. The average molecular weight is 470 g/mol. The average Bonchev–Trinajstić information content (AvgIpc) is 3.46. The fraction of sp³-hybridized carbons (Fsp3) is 0.455. The minimum Gasteiger partial charge on any atom is -0.383 e. The van der Waals surface area contributed by atoms with Gasteiger partial charge in [0.05, 0.1) is 30.3 Å². The van der Waals surface area contributed by atoms with Gasteiger partial charge in [0.25, 0.3) is 11.8 Å². The third-order valence-corrected chi connectivity index (χ3v) is 5.63. The molecule has 1 unspecified atom stereocenters. The molecule has 2 aliphatic carbocycles. The monoisotopic (exact) mass is 469 g/mol. The van der Waals surface area contributed by atoms with Crippen LogP contribution in [-0.2, 0) is 0 Å². The van der Waals surface area contributed by atoms with Gasteiger partial charge in [-0.15, -0.1) is 0 Å². The number of nitriles is 2. The smallest absolute Gasteiger partial charge is 0.254 e. The molecule has 1 saturated carbocycles. The van der Waals surface area contributed by atoms with E-state index in [1.165, 1.54) is 19.0 Å². The third-order valence-electron chi connectivity index (χ3n) is 5.63. The van der Waals surface area contributed by atoms with Gasteiger partial charge in [-0.3, -0.25) is 19.4 Å². The number of rotatable bonds is 3. The van der Waals surface area contributed by atoms with Gasteiger partial charge in [-0.05, 0) is 38.5 Å². The predicted octanol–water partition coefficient (Wildman–Crippen LogP) is 2.17. The Kier molecular flexibility index (Phi) is 9.65. The molecule has 0 aromatic carbocycles. The lowest BCUT2D eigenvalue weighted by Crippen LogP contribution is -2.22. The quantitative estimate of drug-likeness (QED) is 0.445. The zero-order valence-corrected chi connectivity index (χ0v) is 18.9. The number of nitrogens with zero attached hydrogens (tertiary/aromatic N) is 5. The molecular weight excluding hydrogens is 436 g/mol. The largest absolute Gasteiger partial charge is 0.383 e. The normalized spacial score (nSPS) is 19.1. The maximum atomic E-state index is 11.1. The van der Waals surface area contributed by atoms with Gasteiger partial charge in [0.1, 0.15) is 16.9 Å². The molecule has 2 amide bonds. The highest BCUT2D eigenvalue weighted by atomic mass is 16.1. The first-order chi connectivity index (χ1) is 16.3. The number of aromatic amines is 1. The Morgan fingerprint density at radius 3 is 2.24 bits per heavy atom. The maximum absolute atomic E-state index is 11.1. The molecule has 0 spiro atoms. The molecule has 0 radical (unpaired) electrons. The van der Waals surface area contributed by atoms with Crippen LogP contribution < -0.4 is 22.9 Å². The van der Waals surface area contributed by atoms with E-state index in [1.54, 1.807) is 10.9 Å². The van der Waals surface area contributed by atoms with Crippen molar-refractivity contribution >= 4 is 23.5 Å². The van der Waals surface area contributed by atoms with Gasteiger partial charge < -0.3 is 22.9 Å². The number of primary amides is 2. The SMILES string of the molecule is N#CC1=CCCCC1.N#C[C@H]1CCCCC1n1cc(C(N)=O)c(N)n1.NC(=O)c1cn[nH]c1N.[2HH]. The standard InChI is InChI=1S/C11H15N5O.C7H9N.C4H6N4O.H2/c12-5-7-3-1-2-4-9(7)16-6-8(11(14)17)10(13)15-16;8-6-7-4-2-1-3-5-7;5-3-2(4(6)9)1-7-8-3;/h6-7,9H,1-4H2,(H2,13,15)(H2,14,17);4H,1-3,5H2;1H,(H2,6,9)(H3,5,7,8);1H/t7-,9?;;;/m1.../s1/i;;;1+1. The number of nitrogens with one attached hydrogen (secondary N) is 1. The molecule has 0 bridgehead atoms. The molecule has 2 aliphatic rings. The molecule has 0 aliphatic heterocycles. The first-order valence-corrected chi connectivity index (χ1v) is 11.0. The number of carbonyl (C=O) groups excluding carboxylic acids is 2. The van der Waals surface area contributed by atoms with Gasteiger partial charge in [0.2, 0.25) is 0 Å². The van der Waals surface area contributed by atoms with Crippen LogP contribution in [0, 0.1) is 28.6 Å². The number of amides is 2. The number of hydrogen-bond donors (Lipinski definition) is 5. The van der Waals surface area contributed by atoms with E-state index in [0.29, 0.717) is 0 Å². The number of anilines is 2. The molecule has 4 rings (SSSR count). The Labute approximate surface area is 199 Å². The van der Waals surface area contributed by atoms with Crippen LogP contribution in [0.2, 0.25) is 0 Å². The lowest BCUT2D eigenvalue weighted by atomic mass is 9.85. The highest BCUT2D eigenvalue weighted by Gasteiger charge is 2.28. The second-order valence-corrected chi connectivity index (χ2v) is 8.01. The number of hydrogen-bond acceptors (Lipinski definition) is 8. The second kappa shape index (κ2) is 12.6. The summed E-state index contributed by atoms with van der Waals surface area (Å²) in [5.41, 5.74) is 22.4. The molecular formula is C22H32N10O2. The number of nitrogens with two attached hydrogens (primary N) is 4. The van der Waals surface area contributed by atoms with Crippen molar-refractivity contribution in [1.82, 2.24) is 20.0 Å². The van der Waals surface area contributed by atoms with E-state index in [0.717, 1.165) is 44.1 Å². The van der Waals surface area contributed by atoms with Crippen molar-refractivity contribution in [3.63, 3.8) is 0 Å². The van der Waals surface area contributed by atoms with E-state index in [4.69, 9.17) is 33.5 Å². The molecule has 12 heteroatoms. The maximum Gasteiger partial charge on any atom is 0.254 e. The summed E-state index contributed by atoms with van der Waals surface area (Å²) in [7, 11) is 0. The Bertz CT molecular complexity index is 1110. The minimum atomic E-state index is -0.585. The zero-order valence-electron chi connectivity index (χ0n) is 18.9. The Hall–Kier alpha value is -4.32. The van der Waals surface area contributed by atoms with E-state index in [2.05, 4.69) is 27.4 Å². The van der Waals surface area contributed by atoms with Crippen molar-refractivity contribution in [2.45, 2.75) is 57.4 Å². The summed E-state index contributed by atoms with van der Waals surface area (Å²) in [6, 6.07) is 4.46. The van der Waals surface area contributed by atoms with Gasteiger partial charge in [0, 0.05) is 13.2 Å². The predicted molar refractivity (Wildman–Crippen MR) is 128 cm³/mol. The topological polar surface area (TPSA) is 232 Å². The van der Waals surface area contributed by atoms with E-state index < -0.39 is 11.8 Å². The van der Waals surface area contributed by atoms with E-state index in [1.807, 2.05) is 6.08 Å². The van der Waals surface area contributed by atoms with Crippen LogP contribution in [0.3, 0.4) is 0 Å². The second-order valence-electron chi connectivity index (χ2n) is 8.01. The van der Waals surface area contributed by atoms with Crippen LogP contribution >= 0.6 is 0 Å². The molecule has 12 nitrogen and oxygen atoms in total. The summed E-state index contributed by atoms with van der Waals surface area (Å²) in [6.07, 6.45) is 13.4. The molecule has 1 fully saturated rings. The molecule has 2 aromatic heterocycles. The van der Waals surface area contributed by atoms with Crippen LogP contribution in [0.25, 0.3) is 0 Å². The van der Waals surface area contributed by atoms with Gasteiger partial charge >= 0.3 is 0 Å². The number of aromatic nitrogens is 4. The van der Waals surface area contributed by atoms with Gasteiger partial charge in [0.15, 0.2) is 5.82 Å². The first kappa shape index (κ1) is 25.9. The van der Waals surface area contributed by atoms with Crippen molar-refractivity contribution in [2.75, 3.05) is 11.5 Å². The molecule has 9 N–H and O–H groups in total. The molecule has 2 aromatic rings. The minimum absolute atomic E-state index is 0. The highest BCUT2D eigenvalue weighted by Crippen LogP contribution is 2.33. The van der Waals surface area contributed by atoms with Gasteiger partial charge in [-0.25, -0.2) is 0 Å². The number of allylic oxidation sites excluding steroid dienone is 2. The highest BCUT2D eigenvalue weighted by molar-refractivity contribution is 5.97.